The van der Waals surface area contributed by atoms with Gasteiger partial charge in [0.25, 0.3) is 0 Å². The second-order valence-corrected chi connectivity index (χ2v) is 8.76. The minimum Gasteiger partial charge on any atom is -0.490 e. The van der Waals surface area contributed by atoms with E-state index in [0.717, 1.165) is 45.0 Å². The van der Waals surface area contributed by atoms with E-state index in [1.54, 1.807) is 11.8 Å². The highest BCUT2D eigenvalue weighted by molar-refractivity contribution is 7.98. The Morgan fingerprint density at radius 3 is 2.76 bits per heavy atom. The molecule has 4 rings (SSSR count). The van der Waals surface area contributed by atoms with Crippen molar-refractivity contribution in [2.24, 2.45) is 0 Å². The van der Waals surface area contributed by atoms with Crippen LogP contribution in [0.1, 0.15) is 22.7 Å². The first-order valence-corrected chi connectivity index (χ1v) is 11.3. The molecule has 0 saturated heterocycles. The lowest BCUT2D eigenvalue weighted by Gasteiger charge is -2.08. The molecule has 0 fully saturated rings. The Labute approximate surface area is 178 Å². The zero-order chi connectivity index (χ0) is 20.1. The number of benzene rings is 2. The molecule has 2 aromatic carbocycles. The highest BCUT2D eigenvalue weighted by Crippen LogP contribution is 2.35. The quantitative estimate of drug-likeness (QED) is 0.557. The molecule has 3 aromatic rings. The number of carbonyl (C=O) groups excluding carboxylic acids is 1. The van der Waals surface area contributed by atoms with Gasteiger partial charge in [0.1, 0.15) is 5.01 Å². The number of fused-ring (bicyclic) bond motifs is 1. The maximum atomic E-state index is 12.2. The smallest absolute Gasteiger partial charge is 0.231 e. The van der Waals surface area contributed by atoms with Crippen molar-refractivity contribution in [2.45, 2.75) is 30.4 Å². The maximum Gasteiger partial charge on any atom is 0.231 e. The normalized spacial score (nSPS) is 13.0. The number of hydrogen-bond donors (Lipinski definition) is 1. The van der Waals surface area contributed by atoms with E-state index >= 15 is 0 Å². The summed E-state index contributed by atoms with van der Waals surface area (Å²) in [7, 11) is 0. The van der Waals surface area contributed by atoms with E-state index in [2.05, 4.69) is 10.3 Å². The summed E-state index contributed by atoms with van der Waals surface area (Å²) in [6, 6.07) is 13.8. The fraction of sp³-hybridized carbons (Fsp3) is 0.273. The highest BCUT2D eigenvalue weighted by Gasteiger charge is 2.12. The number of thiazole rings is 1. The van der Waals surface area contributed by atoms with E-state index in [9.17, 15) is 4.79 Å². The molecule has 150 valence electrons. The summed E-state index contributed by atoms with van der Waals surface area (Å²) in [4.78, 5) is 18.0. The van der Waals surface area contributed by atoms with Crippen LogP contribution in [0.2, 0.25) is 0 Å². The first kappa shape index (κ1) is 19.8. The van der Waals surface area contributed by atoms with Crippen molar-refractivity contribution < 1.29 is 14.3 Å². The highest BCUT2D eigenvalue weighted by atomic mass is 32.2. The van der Waals surface area contributed by atoms with Crippen LogP contribution in [-0.4, -0.2) is 24.1 Å². The number of anilines is 1. The fourth-order valence-corrected chi connectivity index (χ4v) is 4.58. The van der Waals surface area contributed by atoms with Gasteiger partial charge in [0, 0.05) is 28.1 Å². The van der Waals surface area contributed by atoms with Crippen LogP contribution in [0.4, 0.5) is 5.69 Å². The van der Waals surface area contributed by atoms with E-state index in [1.807, 2.05) is 54.8 Å². The molecule has 0 spiro atoms. The second-order valence-electron chi connectivity index (χ2n) is 6.77. The number of amides is 1. The summed E-state index contributed by atoms with van der Waals surface area (Å²) >= 11 is 3.22. The topological polar surface area (TPSA) is 60.5 Å². The monoisotopic (exact) mass is 426 g/mol. The molecule has 2 heterocycles. The van der Waals surface area contributed by atoms with Crippen molar-refractivity contribution in [3.63, 3.8) is 0 Å². The molecule has 1 aliphatic rings. The average Bonchev–Trinajstić information content (AvgIpc) is 3.02. The predicted octanol–water partition coefficient (Wildman–Crippen LogP) is 5.09. The molecule has 0 saturated carbocycles. The molecular weight excluding hydrogens is 404 g/mol. The van der Waals surface area contributed by atoms with Gasteiger partial charge in [-0.2, -0.15) is 0 Å². The Balaban J connectivity index is 1.30. The van der Waals surface area contributed by atoms with E-state index < -0.39 is 0 Å². The van der Waals surface area contributed by atoms with Crippen molar-refractivity contribution in [2.75, 3.05) is 18.5 Å². The van der Waals surface area contributed by atoms with Gasteiger partial charge < -0.3 is 14.8 Å². The van der Waals surface area contributed by atoms with Gasteiger partial charge in [-0.3, -0.25) is 4.79 Å². The number of nitrogens with zero attached hydrogens (tertiary/aromatic N) is 1. The molecule has 0 aliphatic carbocycles. The van der Waals surface area contributed by atoms with Gasteiger partial charge in [-0.05, 0) is 37.3 Å². The first-order chi connectivity index (χ1) is 14.2. The Bertz CT molecular complexity index is 986. The Morgan fingerprint density at radius 1 is 1.14 bits per heavy atom. The maximum absolute atomic E-state index is 12.2. The van der Waals surface area contributed by atoms with E-state index in [0.29, 0.717) is 13.2 Å². The Hall–Kier alpha value is -2.51. The van der Waals surface area contributed by atoms with Gasteiger partial charge in [-0.25, -0.2) is 4.98 Å². The lowest BCUT2D eigenvalue weighted by Crippen LogP contribution is -2.14. The number of aryl methyl sites for hydroxylation is 1. The van der Waals surface area contributed by atoms with Gasteiger partial charge in [0.05, 0.1) is 25.3 Å². The number of carbonyl (C=O) groups is 1. The number of thioether (sulfide) groups is 1. The summed E-state index contributed by atoms with van der Waals surface area (Å²) in [5, 5.41) is 5.76. The molecular formula is C22H22N2O3S2. The molecule has 5 nitrogen and oxygen atoms in total. The molecule has 1 aliphatic heterocycles. The lowest BCUT2D eigenvalue weighted by atomic mass is 10.2. The summed E-state index contributed by atoms with van der Waals surface area (Å²) in [5.74, 6) is 2.31. The lowest BCUT2D eigenvalue weighted by molar-refractivity contribution is -0.115. The van der Waals surface area contributed by atoms with Gasteiger partial charge in [0.2, 0.25) is 5.91 Å². The van der Waals surface area contributed by atoms with Crippen molar-refractivity contribution in [1.82, 2.24) is 4.98 Å². The molecule has 0 atom stereocenters. The molecule has 1 aromatic heterocycles. The molecule has 1 N–H and O–H groups in total. The zero-order valence-corrected chi connectivity index (χ0v) is 17.8. The zero-order valence-electron chi connectivity index (χ0n) is 16.1. The van der Waals surface area contributed by atoms with E-state index in [4.69, 9.17) is 9.47 Å². The Kier molecular flexibility index (Phi) is 6.36. The van der Waals surface area contributed by atoms with Crippen LogP contribution >= 0.6 is 23.1 Å². The Morgan fingerprint density at radius 2 is 1.93 bits per heavy atom. The largest absolute Gasteiger partial charge is 0.490 e. The van der Waals surface area contributed by atoms with Crippen LogP contribution in [-0.2, 0) is 17.0 Å². The summed E-state index contributed by atoms with van der Waals surface area (Å²) in [6.45, 7) is 3.40. The third kappa shape index (κ3) is 5.52. The fourth-order valence-electron chi connectivity index (χ4n) is 2.87. The van der Waals surface area contributed by atoms with E-state index in [1.165, 1.54) is 16.9 Å². The second kappa shape index (κ2) is 9.33. The van der Waals surface area contributed by atoms with Crippen LogP contribution in [0.25, 0.3) is 0 Å². The minimum absolute atomic E-state index is 0.0506. The van der Waals surface area contributed by atoms with Crippen LogP contribution in [0.3, 0.4) is 0 Å². The predicted molar refractivity (Wildman–Crippen MR) is 117 cm³/mol. The first-order valence-electron chi connectivity index (χ1n) is 9.48. The van der Waals surface area contributed by atoms with E-state index in [-0.39, 0.29) is 12.3 Å². The van der Waals surface area contributed by atoms with Crippen LogP contribution < -0.4 is 14.8 Å². The molecule has 29 heavy (non-hydrogen) atoms. The summed E-state index contributed by atoms with van der Waals surface area (Å²) < 4.78 is 11.4. The SMILES string of the molecule is Cc1ccc(NC(=O)Cc2nc(CSc3ccc4c(c3)OCCCO4)cs2)cc1. The van der Waals surface area contributed by atoms with Crippen LogP contribution in [0.15, 0.2) is 52.7 Å². The standard InChI is InChI=1S/C22H22N2O3S2/c1-15-3-5-16(6-4-15)23-21(25)12-22-24-17(14-29-22)13-28-18-7-8-19-20(11-18)27-10-2-9-26-19/h3-8,11,14H,2,9-10,12-13H2,1H3,(H,23,25). The van der Waals surface area contributed by atoms with Crippen molar-refractivity contribution in [1.29, 1.82) is 0 Å². The van der Waals surface area contributed by atoms with Crippen molar-refractivity contribution in [3.8, 4) is 11.5 Å². The number of hydrogen-bond acceptors (Lipinski definition) is 6. The molecule has 0 unspecified atom stereocenters. The summed E-state index contributed by atoms with van der Waals surface area (Å²) in [6.07, 6.45) is 1.18. The molecule has 7 heteroatoms. The minimum atomic E-state index is -0.0506. The van der Waals surface area contributed by atoms with Crippen LogP contribution in [0, 0.1) is 6.92 Å². The van der Waals surface area contributed by atoms with Gasteiger partial charge in [-0.15, -0.1) is 23.1 Å². The molecule has 0 bridgehead atoms. The van der Waals surface area contributed by atoms with Crippen molar-refractivity contribution in [3.05, 3.63) is 64.1 Å². The third-order valence-electron chi connectivity index (χ3n) is 4.35. The molecule has 1 amide bonds. The number of aromatic nitrogens is 1. The molecule has 0 radical (unpaired) electrons. The summed E-state index contributed by atoms with van der Waals surface area (Å²) in [5.41, 5.74) is 2.95. The number of ether oxygens (including phenoxy) is 2. The van der Waals surface area contributed by atoms with Crippen LogP contribution in [0.5, 0.6) is 11.5 Å². The average molecular weight is 427 g/mol. The van der Waals surface area contributed by atoms with Crippen molar-refractivity contribution >= 4 is 34.7 Å². The van der Waals surface area contributed by atoms with Gasteiger partial charge in [0.15, 0.2) is 11.5 Å². The third-order valence-corrected chi connectivity index (χ3v) is 6.28. The van der Waals surface area contributed by atoms with Gasteiger partial charge >= 0.3 is 0 Å². The number of nitrogens with one attached hydrogen (secondary N) is 1. The van der Waals surface area contributed by atoms with Gasteiger partial charge in [-0.1, -0.05) is 17.7 Å². The number of rotatable bonds is 6.